The third-order valence-corrected chi connectivity index (χ3v) is 6.17. The predicted octanol–water partition coefficient (Wildman–Crippen LogP) is 2.73. The van der Waals surface area contributed by atoms with Gasteiger partial charge in [-0.3, -0.25) is 34.3 Å². The van der Waals surface area contributed by atoms with Gasteiger partial charge in [-0.15, -0.1) is 0 Å². The standard InChI is InChI=1S/C20H13FN4O6S/c21-13-4-3-12(11-24-19(26)16-2-1-9-22-18(16)20(24)27)17(10-13)32(30,31)23-14-5-7-15(8-6-14)25(28)29/h1-10,23H,11H2. The van der Waals surface area contributed by atoms with Crippen LogP contribution in [-0.4, -0.2) is 35.0 Å². The minimum atomic E-state index is -4.37. The fourth-order valence-corrected chi connectivity index (χ4v) is 4.50. The van der Waals surface area contributed by atoms with Gasteiger partial charge in [0, 0.05) is 24.0 Å². The van der Waals surface area contributed by atoms with Gasteiger partial charge in [0.05, 0.1) is 21.9 Å². The minimum absolute atomic E-state index is 0.00434. The van der Waals surface area contributed by atoms with E-state index in [0.29, 0.717) is 0 Å². The van der Waals surface area contributed by atoms with Crippen LogP contribution in [0.2, 0.25) is 0 Å². The molecule has 10 nitrogen and oxygen atoms in total. The zero-order valence-electron chi connectivity index (χ0n) is 16.1. The van der Waals surface area contributed by atoms with E-state index in [1.165, 1.54) is 30.5 Å². The molecular formula is C20H13FN4O6S. The summed E-state index contributed by atoms with van der Waals surface area (Å²) < 4.78 is 42.0. The molecule has 4 rings (SSSR count). The Morgan fingerprint density at radius 1 is 1.06 bits per heavy atom. The van der Waals surface area contributed by atoms with Crippen LogP contribution in [0.25, 0.3) is 0 Å². The van der Waals surface area contributed by atoms with Crippen molar-refractivity contribution in [1.29, 1.82) is 0 Å². The van der Waals surface area contributed by atoms with Crippen LogP contribution in [-0.2, 0) is 16.6 Å². The molecule has 2 aromatic carbocycles. The van der Waals surface area contributed by atoms with Crippen LogP contribution in [0.1, 0.15) is 26.4 Å². The molecule has 0 aliphatic carbocycles. The van der Waals surface area contributed by atoms with E-state index in [4.69, 9.17) is 0 Å². The average molecular weight is 456 g/mol. The van der Waals surface area contributed by atoms with Gasteiger partial charge in [0.15, 0.2) is 0 Å². The lowest BCUT2D eigenvalue weighted by Gasteiger charge is -2.17. The Balaban J connectivity index is 1.66. The molecule has 1 N–H and O–H groups in total. The summed E-state index contributed by atoms with van der Waals surface area (Å²) >= 11 is 0. The van der Waals surface area contributed by atoms with Gasteiger partial charge in [0.2, 0.25) is 0 Å². The summed E-state index contributed by atoms with van der Waals surface area (Å²) in [5, 5.41) is 10.8. The lowest BCUT2D eigenvalue weighted by molar-refractivity contribution is -0.384. The van der Waals surface area contributed by atoms with Crippen LogP contribution >= 0.6 is 0 Å². The molecule has 0 saturated carbocycles. The van der Waals surface area contributed by atoms with E-state index >= 15 is 0 Å². The molecular weight excluding hydrogens is 443 g/mol. The summed E-state index contributed by atoms with van der Waals surface area (Å²) in [6, 6.07) is 10.4. The molecule has 0 unspecified atom stereocenters. The van der Waals surface area contributed by atoms with E-state index in [1.807, 2.05) is 0 Å². The maximum Gasteiger partial charge on any atom is 0.280 e. The zero-order valence-corrected chi connectivity index (χ0v) is 16.9. The van der Waals surface area contributed by atoms with Crippen molar-refractivity contribution in [2.75, 3.05) is 4.72 Å². The number of nitrogens with one attached hydrogen (secondary N) is 1. The van der Waals surface area contributed by atoms with Crippen molar-refractivity contribution >= 4 is 33.2 Å². The quantitative estimate of drug-likeness (QED) is 0.342. The minimum Gasteiger partial charge on any atom is -0.280 e. The van der Waals surface area contributed by atoms with Gasteiger partial charge < -0.3 is 0 Å². The molecule has 2 amide bonds. The number of anilines is 1. The number of fused-ring (bicyclic) bond motifs is 1. The first-order chi connectivity index (χ1) is 15.2. The van der Waals surface area contributed by atoms with Gasteiger partial charge in [0.1, 0.15) is 11.5 Å². The number of hydrogen-bond donors (Lipinski definition) is 1. The van der Waals surface area contributed by atoms with Crippen molar-refractivity contribution < 1.29 is 27.3 Å². The summed E-state index contributed by atoms with van der Waals surface area (Å²) in [5.74, 6) is -2.18. The molecule has 32 heavy (non-hydrogen) atoms. The Morgan fingerprint density at radius 2 is 1.78 bits per heavy atom. The highest BCUT2D eigenvalue weighted by Crippen LogP contribution is 2.27. The highest BCUT2D eigenvalue weighted by atomic mass is 32.2. The Hall–Kier alpha value is -4.19. The summed E-state index contributed by atoms with van der Waals surface area (Å²) in [4.78, 5) is 39.5. The van der Waals surface area contributed by atoms with Crippen LogP contribution in [0.15, 0.2) is 65.7 Å². The van der Waals surface area contributed by atoms with Crippen molar-refractivity contribution in [1.82, 2.24) is 9.88 Å². The number of aromatic nitrogens is 1. The monoisotopic (exact) mass is 456 g/mol. The molecule has 0 bridgehead atoms. The number of amides is 2. The third kappa shape index (κ3) is 3.78. The van der Waals surface area contributed by atoms with E-state index < -0.39 is 44.0 Å². The number of sulfonamides is 1. The second kappa shape index (κ2) is 7.81. The molecule has 1 aliphatic heterocycles. The molecule has 2 heterocycles. The number of pyridine rings is 1. The van der Waals surface area contributed by atoms with Crippen LogP contribution in [0, 0.1) is 15.9 Å². The number of hydrogen-bond acceptors (Lipinski definition) is 7. The number of benzene rings is 2. The first kappa shape index (κ1) is 21.1. The molecule has 0 fully saturated rings. The van der Waals surface area contributed by atoms with Crippen molar-refractivity contribution in [2.45, 2.75) is 11.4 Å². The lowest BCUT2D eigenvalue weighted by Crippen LogP contribution is -2.30. The maximum atomic E-state index is 13.9. The summed E-state index contributed by atoms with van der Waals surface area (Å²) in [6.07, 6.45) is 1.36. The van der Waals surface area contributed by atoms with Gasteiger partial charge in [-0.1, -0.05) is 6.07 Å². The summed E-state index contributed by atoms with van der Waals surface area (Å²) in [5.41, 5.74) is -0.189. The molecule has 162 valence electrons. The van der Waals surface area contributed by atoms with Crippen molar-refractivity contribution in [3.63, 3.8) is 0 Å². The second-order valence-corrected chi connectivity index (χ2v) is 8.41. The predicted molar refractivity (Wildman–Crippen MR) is 109 cm³/mol. The third-order valence-electron chi connectivity index (χ3n) is 4.71. The van der Waals surface area contributed by atoms with Crippen LogP contribution in [0.5, 0.6) is 0 Å². The van der Waals surface area contributed by atoms with E-state index in [1.54, 1.807) is 0 Å². The van der Waals surface area contributed by atoms with E-state index in [9.17, 15) is 32.5 Å². The molecule has 0 radical (unpaired) electrons. The van der Waals surface area contributed by atoms with Crippen LogP contribution in [0.4, 0.5) is 15.8 Å². The second-order valence-electron chi connectivity index (χ2n) is 6.76. The number of carbonyl (C=O) groups excluding carboxylic acids is 2. The Bertz CT molecular complexity index is 1340. The number of halogens is 1. The first-order valence-corrected chi connectivity index (χ1v) is 10.5. The van der Waals surface area contributed by atoms with Gasteiger partial charge >= 0.3 is 0 Å². The SMILES string of the molecule is O=C1c2cccnc2C(=O)N1Cc1ccc(F)cc1S(=O)(=O)Nc1ccc([N+](=O)[O-])cc1. The van der Waals surface area contributed by atoms with E-state index in [2.05, 4.69) is 9.71 Å². The highest BCUT2D eigenvalue weighted by Gasteiger charge is 2.37. The topological polar surface area (TPSA) is 140 Å². The summed E-state index contributed by atoms with van der Waals surface area (Å²) in [6.45, 7) is -0.426. The molecule has 0 saturated heterocycles. The van der Waals surface area contributed by atoms with Gasteiger partial charge in [-0.2, -0.15) is 0 Å². The normalized spacial score (nSPS) is 13.2. The van der Waals surface area contributed by atoms with Gasteiger partial charge in [-0.25, -0.2) is 12.8 Å². The van der Waals surface area contributed by atoms with Crippen LogP contribution < -0.4 is 4.72 Å². The fourth-order valence-electron chi connectivity index (χ4n) is 3.20. The number of nitro groups is 1. The average Bonchev–Trinajstić information content (AvgIpc) is 3.00. The molecule has 12 heteroatoms. The van der Waals surface area contributed by atoms with E-state index in [-0.39, 0.29) is 28.2 Å². The molecule has 0 atom stereocenters. The highest BCUT2D eigenvalue weighted by molar-refractivity contribution is 7.92. The molecule has 0 spiro atoms. The van der Waals surface area contributed by atoms with Gasteiger partial charge in [-0.05, 0) is 42.0 Å². The lowest BCUT2D eigenvalue weighted by atomic mass is 10.2. The number of carbonyl (C=O) groups is 2. The largest absolute Gasteiger partial charge is 0.280 e. The smallest absolute Gasteiger partial charge is 0.280 e. The van der Waals surface area contributed by atoms with Crippen molar-refractivity contribution in [2.24, 2.45) is 0 Å². The first-order valence-electron chi connectivity index (χ1n) is 9.04. The molecule has 1 aromatic heterocycles. The number of rotatable bonds is 6. The maximum absolute atomic E-state index is 13.9. The Morgan fingerprint density at radius 3 is 2.44 bits per heavy atom. The van der Waals surface area contributed by atoms with E-state index in [0.717, 1.165) is 35.2 Å². The van der Waals surface area contributed by atoms with Gasteiger partial charge in [0.25, 0.3) is 27.5 Å². The number of non-ortho nitro benzene ring substituents is 1. The van der Waals surface area contributed by atoms with Crippen LogP contribution in [0.3, 0.4) is 0 Å². The number of nitro benzene ring substituents is 1. The molecule has 1 aliphatic rings. The molecule has 3 aromatic rings. The number of nitrogens with zero attached hydrogens (tertiary/aromatic N) is 3. The Kier molecular flexibility index (Phi) is 5.14. The Labute approximate surface area is 180 Å². The van der Waals surface area contributed by atoms with Crippen molar-refractivity contribution in [3.8, 4) is 0 Å². The fraction of sp³-hybridized carbons (Fsp3) is 0.0500. The van der Waals surface area contributed by atoms with Crippen molar-refractivity contribution in [3.05, 3.63) is 93.5 Å². The number of imide groups is 1. The zero-order chi connectivity index (χ0) is 23.0. The summed E-state index contributed by atoms with van der Waals surface area (Å²) in [7, 11) is -4.37.